The van der Waals surface area contributed by atoms with E-state index in [2.05, 4.69) is 10.6 Å². The number of anilines is 2. The number of alkyl halides is 3. The Morgan fingerprint density at radius 1 is 0.812 bits per heavy atom. The lowest BCUT2D eigenvalue weighted by atomic mass is 10.1. The van der Waals surface area contributed by atoms with Crippen LogP contribution >= 0.6 is 0 Å². The topological polar surface area (TPSA) is 67.4 Å². The van der Waals surface area contributed by atoms with Gasteiger partial charge in [-0.1, -0.05) is 19.1 Å². The summed E-state index contributed by atoms with van der Waals surface area (Å²) in [6.07, 6.45) is -3.63. The van der Waals surface area contributed by atoms with Crippen molar-refractivity contribution in [2.45, 2.75) is 19.5 Å². The molecule has 0 aliphatic heterocycles. The summed E-state index contributed by atoms with van der Waals surface area (Å²) in [6, 6.07) is 17.1. The Labute approximate surface area is 183 Å². The number of amides is 2. The van der Waals surface area contributed by atoms with E-state index < -0.39 is 17.6 Å². The Balaban J connectivity index is 1.67. The Morgan fingerprint density at radius 3 is 2.03 bits per heavy atom. The molecule has 0 saturated heterocycles. The summed E-state index contributed by atoms with van der Waals surface area (Å²) in [6.45, 7) is 2.58. The number of carbonyl (C=O) groups is 2. The van der Waals surface area contributed by atoms with Crippen molar-refractivity contribution in [3.63, 3.8) is 0 Å². The zero-order chi connectivity index (χ0) is 23.1. The van der Waals surface area contributed by atoms with Crippen molar-refractivity contribution in [2.24, 2.45) is 0 Å². The number of carbonyl (C=O) groups excluding carboxylic acids is 2. The van der Waals surface area contributed by atoms with Crippen molar-refractivity contribution in [1.82, 2.24) is 0 Å². The van der Waals surface area contributed by atoms with E-state index in [1.807, 2.05) is 6.92 Å². The summed E-state index contributed by atoms with van der Waals surface area (Å²) in [4.78, 5) is 25.0. The molecule has 0 aliphatic rings. The largest absolute Gasteiger partial charge is 0.494 e. The van der Waals surface area contributed by atoms with E-state index >= 15 is 0 Å². The fourth-order valence-corrected chi connectivity index (χ4v) is 2.84. The third-order valence-corrected chi connectivity index (χ3v) is 4.42. The number of benzene rings is 3. The van der Waals surface area contributed by atoms with Gasteiger partial charge in [0.1, 0.15) is 5.75 Å². The lowest BCUT2D eigenvalue weighted by molar-refractivity contribution is -0.137. The summed E-state index contributed by atoms with van der Waals surface area (Å²) in [5, 5.41) is 5.14. The van der Waals surface area contributed by atoms with Gasteiger partial charge in [0.05, 0.1) is 12.2 Å². The van der Waals surface area contributed by atoms with Crippen molar-refractivity contribution >= 4 is 23.2 Å². The first-order chi connectivity index (χ1) is 15.3. The van der Waals surface area contributed by atoms with Crippen molar-refractivity contribution in [3.05, 3.63) is 89.5 Å². The van der Waals surface area contributed by atoms with Crippen LogP contribution in [0.2, 0.25) is 0 Å². The summed E-state index contributed by atoms with van der Waals surface area (Å²) in [7, 11) is 0. The van der Waals surface area contributed by atoms with Gasteiger partial charge in [-0.25, -0.2) is 0 Å². The zero-order valence-corrected chi connectivity index (χ0v) is 17.2. The van der Waals surface area contributed by atoms with Crippen LogP contribution in [0, 0.1) is 0 Å². The van der Waals surface area contributed by atoms with Crippen LogP contribution in [0.3, 0.4) is 0 Å². The summed E-state index contributed by atoms with van der Waals surface area (Å²) >= 11 is 0. The average molecular weight is 442 g/mol. The SMILES string of the molecule is CCCOc1ccc(C(=O)Nc2cccc(C(=O)Nc3cccc(C(F)(F)F)c3)c2)cc1. The van der Waals surface area contributed by atoms with Gasteiger partial charge in [0.2, 0.25) is 0 Å². The van der Waals surface area contributed by atoms with Crippen LogP contribution in [-0.4, -0.2) is 18.4 Å². The number of hydrogen-bond acceptors (Lipinski definition) is 3. The monoisotopic (exact) mass is 442 g/mol. The number of halogens is 3. The average Bonchev–Trinajstić information content (AvgIpc) is 2.78. The van der Waals surface area contributed by atoms with E-state index in [1.54, 1.807) is 36.4 Å². The minimum absolute atomic E-state index is 0.0182. The molecule has 0 unspecified atom stereocenters. The Kier molecular flexibility index (Phi) is 7.14. The molecule has 3 aromatic carbocycles. The first-order valence-corrected chi connectivity index (χ1v) is 9.89. The molecule has 0 bridgehead atoms. The molecule has 8 heteroatoms. The lowest BCUT2D eigenvalue weighted by Crippen LogP contribution is -2.15. The molecule has 0 fully saturated rings. The van der Waals surface area contributed by atoms with Crippen molar-refractivity contribution < 1.29 is 27.5 Å². The highest BCUT2D eigenvalue weighted by Gasteiger charge is 2.30. The van der Waals surface area contributed by atoms with Crippen molar-refractivity contribution in [2.75, 3.05) is 17.2 Å². The highest BCUT2D eigenvalue weighted by atomic mass is 19.4. The number of rotatable bonds is 7. The third kappa shape index (κ3) is 6.10. The molecule has 2 N–H and O–H groups in total. The van der Waals surface area contributed by atoms with Crippen molar-refractivity contribution in [1.29, 1.82) is 0 Å². The van der Waals surface area contributed by atoms with Gasteiger partial charge in [0, 0.05) is 22.5 Å². The van der Waals surface area contributed by atoms with E-state index in [9.17, 15) is 22.8 Å². The Hall–Kier alpha value is -3.81. The fourth-order valence-electron chi connectivity index (χ4n) is 2.84. The molecule has 0 aromatic heterocycles. The number of ether oxygens (including phenoxy) is 1. The van der Waals surface area contributed by atoms with E-state index in [4.69, 9.17) is 4.74 Å². The molecular weight excluding hydrogens is 421 g/mol. The smallest absolute Gasteiger partial charge is 0.416 e. The van der Waals surface area contributed by atoms with Crippen LogP contribution < -0.4 is 15.4 Å². The molecule has 3 aromatic rings. The van der Waals surface area contributed by atoms with E-state index in [0.29, 0.717) is 23.6 Å². The van der Waals surface area contributed by atoms with Crippen LogP contribution in [0.1, 0.15) is 39.6 Å². The van der Waals surface area contributed by atoms with Gasteiger partial charge in [-0.15, -0.1) is 0 Å². The maximum Gasteiger partial charge on any atom is 0.416 e. The van der Waals surface area contributed by atoms with Gasteiger partial charge in [0.25, 0.3) is 11.8 Å². The van der Waals surface area contributed by atoms with E-state index in [1.165, 1.54) is 24.3 Å². The second-order valence-corrected chi connectivity index (χ2v) is 6.94. The predicted molar refractivity (Wildman–Crippen MR) is 116 cm³/mol. The number of hydrogen-bond donors (Lipinski definition) is 2. The van der Waals surface area contributed by atoms with Gasteiger partial charge < -0.3 is 15.4 Å². The zero-order valence-electron chi connectivity index (χ0n) is 17.2. The first kappa shape index (κ1) is 22.9. The van der Waals surface area contributed by atoms with Gasteiger partial charge in [-0.3, -0.25) is 9.59 Å². The molecule has 0 saturated carbocycles. The standard InChI is InChI=1S/C24H21F3N2O3/c1-2-13-32-21-11-9-16(10-12-21)22(30)28-19-7-3-5-17(14-19)23(31)29-20-8-4-6-18(15-20)24(25,26)27/h3-12,14-15H,2,13H2,1H3,(H,28,30)(H,29,31). The second kappa shape index (κ2) is 10.00. The predicted octanol–water partition coefficient (Wildman–Crippen LogP) is 6.00. The molecule has 166 valence electrons. The van der Waals surface area contributed by atoms with Gasteiger partial charge in [-0.05, 0) is 67.1 Å². The van der Waals surface area contributed by atoms with E-state index in [0.717, 1.165) is 18.6 Å². The molecular formula is C24H21F3N2O3. The van der Waals surface area contributed by atoms with Gasteiger partial charge >= 0.3 is 6.18 Å². The normalized spacial score (nSPS) is 11.0. The minimum atomic E-state index is -4.51. The van der Waals surface area contributed by atoms with Gasteiger partial charge in [0.15, 0.2) is 0 Å². The molecule has 2 amide bonds. The minimum Gasteiger partial charge on any atom is -0.494 e. The van der Waals surface area contributed by atoms with Gasteiger partial charge in [-0.2, -0.15) is 13.2 Å². The van der Waals surface area contributed by atoms with Crippen LogP contribution in [0.25, 0.3) is 0 Å². The fraction of sp³-hybridized carbons (Fsp3) is 0.167. The summed E-state index contributed by atoms with van der Waals surface area (Å²) < 4.78 is 44.1. The lowest BCUT2D eigenvalue weighted by Gasteiger charge is -2.11. The van der Waals surface area contributed by atoms with Crippen LogP contribution in [-0.2, 0) is 6.18 Å². The van der Waals surface area contributed by atoms with Crippen LogP contribution in [0.4, 0.5) is 24.5 Å². The maximum absolute atomic E-state index is 12.9. The molecule has 0 atom stereocenters. The molecule has 0 aliphatic carbocycles. The second-order valence-electron chi connectivity index (χ2n) is 6.94. The molecule has 5 nitrogen and oxygen atoms in total. The van der Waals surface area contributed by atoms with Crippen molar-refractivity contribution in [3.8, 4) is 5.75 Å². The number of nitrogens with one attached hydrogen (secondary N) is 2. The summed E-state index contributed by atoms with van der Waals surface area (Å²) in [5.74, 6) is -0.308. The van der Waals surface area contributed by atoms with Crippen LogP contribution in [0.15, 0.2) is 72.8 Å². The molecule has 0 heterocycles. The first-order valence-electron chi connectivity index (χ1n) is 9.89. The van der Waals surface area contributed by atoms with E-state index in [-0.39, 0.29) is 17.2 Å². The molecule has 0 radical (unpaired) electrons. The highest BCUT2D eigenvalue weighted by molar-refractivity contribution is 6.07. The summed E-state index contributed by atoms with van der Waals surface area (Å²) in [5.41, 5.74) is 0.126. The van der Waals surface area contributed by atoms with Crippen LogP contribution in [0.5, 0.6) is 5.75 Å². The molecule has 0 spiro atoms. The quantitative estimate of drug-likeness (QED) is 0.472. The molecule has 32 heavy (non-hydrogen) atoms. The Morgan fingerprint density at radius 2 is 1.41 bits per heavy atom. The maximum atomic E-state index is 12.9. The molecule has 3 rings (SSSR count). The Bertz CT molecular complexity index is 1100. The highest BCUT2D eigenvalue weighted by Crippen LogP contribution is 2.30. The third-order valence-electron chi connectivity index (χ3n) is 4.42.